The van der Waals surface area contributed by atoms with Gasteiger partial charge in [-0.1, -0.05) is 24.3 Å². The normalized spacial score (nSPS) is 27.1. The number of aromatic amines is 1. The number of aromatic nitrogens is 2. The van der Waals surface area contributed by atoms with Gasteiger partial charge in [-0.2, -0.15) is 4.98 Å². The number of nitro groups is 1. The first-order chi connectivity index (χ1) is 34.9. The quantitative estimate of drug-likeness (QED) is 0.0962. The van der Waals surface area contributed by atoms with Gasteiger partial charge >= 0.3 is 0 Å². The maximum atomic E-state index is 16.2. The number of nitrogens with zero attached hydrogens (tertiary/aromatic N) is 6. The van der Waals surface area contributed by atoms with Gasteiger partial charge in [-0.05, 0) is 106 Å². The number of hydrogen-bond donors (Lipinski definition) is 3. The number of hydrogen-bond acceptors (Lipinski definition) is 15. The number of nitrogens with one attached hydrogen (secondary N) is 2. The molecule has 9 heterocycles. The number of morpholine rings is 1. The van der Waals surface area contributed by atoms with Gasteiger partial charge in [-0.25, -0.2) is 8.42 Å². The third kappa shape index (κ3) is 7.76. The minimum Gasteiger partial charge on any atom is -0.489 e. The summed E-state index contributed by atoms with van der Waals surface area (Å²) in [6.45, 7) is 7.67. The molecule has 1 spiro atoms. The third-order valence-corrected chi connectivity index (χ3v) is 19.2. The Morgan fingerprint density at radius 1 is 0.986 bits per heavy atom. The number of fused-ring (bicyclic) bond motifs is 6. The topological polar surface area (TPSA) is 211 Å². The number of rotatable bonds is 10. The van der Waals surface area contributed by atoms with Gasteiger partial charge in [0.05, 0.1) is 52.1 Å². The van der Waals surface area contributed by atoms with Crippen LogP contribution in [-0.4, -0.2) is 135 Å². The number of H-pyrrole nitrogens is 1. The number of nitro benzene ring substituents is 1. The Labute approximate surface area is 418 Å². The van der Waals surface area contributed by atoms with Crippen LogP contribution in [0, 0.1) is 28.4 Å². The van der Waals surface area contributed by atoms with Crippen LogP contribution in [0.4, 0.5) is 28.4 Å². The maximum Gasteiger partial charge on any atom is 0.297 e. The number of amides is 1. The molecule has 0 radical (unpaired) electrons. The number of nitrogens with two attached hydrogens (primary N) is 1. The molecule has 0 unspecified atom stereocenters. The van der Waals surface area contributed by atoms with Gasteiger partial charge in [0.1, 0.15) is 28.9 Å². The Morgan fingerprint density at radius 3 is 2.61 bits per heavy atom. The summed E-state index contributed by atoms with van der Waals surface area (Å²) in [6.07, 6.45) is 9.32. The highest BCUT2D eigenvalue weighted by Crippen LogP contribution is 2.56. The van der Waals surface area contributed by atoms with E-state index in [-0.39, 0.29) is 81.0 Å². The Kier molecular flexibility index (Phi) is 11.2. The van der Waals surface area contributed by atoms with Crippen molar-refractivity contribution in [1.82, 2.24) is 19.8 Å². The van der Waals surface area contributed by atoms with Crippen molar-refractivity contribution in [2.24, 2.45) is 17.1 Å². The van der Waals surface area contributed by atoms with Crippen LogP contribution in [0.3, 0.4) is 0 Å². The number of primary amides is 1. The molecule has 7 aliphatic heterocycles. The van der Waals surface area contributed by atoms with Crippen LogP contribution < -0.4 is 30.3 Å². The smallest absolute Gasteiger partial charge is 0.297 e. The first-order valence-electron chi connectivity index (χ1n) is 25.8. The van der Waals surface area contributed by atoms with E-state index in [1.54, 1.807) is 18.3 Å². The minimum atomic E-state index is -4.76. The van der Waals surface area contributed by atoms with Crippen LogP contribution in [0.5, 0.6) is 11.6 Å². The summed E-state index contributed by atoms with van der Waals surface area (Å²) in [7, 11) is -4.76. The summed E-state index contributed by atoms with van der Waals surface area (Å²) < 4.78 is 57.0. The highest BCUT2D eigenvalue weighted by atomic mass is 32.2. The maximum absolute atomic E-state index is 16.2. The second-order valence-electron chi connectivity index (χ2n) is 21.6. The van der Waals surface area contributed by atoms with Crippen molar-refractivity contribution in [2.45, 2.75) is 104 Å². The molecule has 5 aromatic rings. The number of pyridine rings is 1. The van der Waals surface area contributed by atoms with Crippen molar-refractivity contribution in [3.63, 3.8) is 0 Å². The molecular formula is C53H61N9O9S. The summed E-state index contributed by atoms with van der Waals surface area (Å²) in [4.78, 5) is 43.1. The first-order valence-corrected chi connectivity index (χ1v) is 27.2. The largest absolute Gasteiger partial charge is 0.489 e. The van der Waals surface area contributed by atoms with Crippen molar-refractivity contribution >= 4 is 55.2 Å². The standard InChI is InChI=1S/C53H61N9O9S/c1-31-5-2-3-6-39(31)41-7-4-15-60(41)36-23-53(24-36)12-16-58(17-13-53)42-9-8-40(50(54)63)48(61-25-33-11-18-68-30-46(33)71-52-44(61)19-32-10-14-55-51(32)57-52)49(42)72(66,67)38-21-43(62(64)65)47-45(22-38)70-28-34(56-47)26-59-27-37-20-35(59)29-69-37/h2-3,5-6,8-10,14,19,21-22,33-37,41,46,56H,4,7,11-13,15-18,20,23-30H2,1H3,(H2,54,63)(H,55,57)/t33-,34+,35+,37+,41+,46-/m1/s1. The van der Waals surface area contributed by atoms with E-state index >= 15 is 8.42 Å². The number of benzene rings is 3. The lowest BCUT2D eigenvalue weighted by molar-refractivity contribution is -0.384. The molecule has 18 nitrogen and oxygen atoms in total. The van der Waals surface area contributed by atoms with Gasteiger partial charge in [0.15, 0.2) is 11.4 Å². The molecule has 3 aromatic carbocycles. The van der Waals surface area contributed by atoms with Crippen molar-refractivity contribution < 1.29 is 37.1 Å². The van der Waals surface area contributed by atoms with Crippen LogP contribution in [0.15, 0.2) is 76.7 Å². The molecular weight excluding hydrogens is 939 g/mol. The first kappa shape index (κ1) is 45.8. The average molecular weight is 1000 g/mol. The zero-order valence-corrected chi connectivity index (χ0v) is 41.3. The number of ether oxygens (including phenoxy) is 4. The van der Waals surface area contributed by atoms with Gasteiger partial charge < -0.3 is 44.8 Å². The molecule has 1 saturated carbocycles. The second-order valence-corrected chi connectivity index (χ2v) is 23.5. The van der Waals surface area contributed by atoms with Crippen molar-refractivity contribution in [3.05, 3.63) is 93.7 Å². The molecule has 5 saturated heterocycles. The molecule has 4 N–H and O–H groups in total. The number of likely N-dealkylation sites (tertiary alicyclic amines) is 2. The molecule has 13 rings (SSSR count). The van der Waals surface area contributed by atoms with E-state index in [2.05, 4.69) is 56.2 Å². The summed E-state index contributed by atoms with van der Waals surface area (Å²) in [6, 6.07) is 19.3. The molecule has 6 fully saturated rings. The predicted molar refractivity (Wildman–Crippen MR) is 269 cm³/mol. The number of piperidine rings is 1. The van der Waals surface area contributed by atoms with Gasteiger partial charge in [0, 0.05) is 87.1 Å². The SMILES string of the molecule is Cc1ccccc1[C@@H]1CCCN1C1CC2(CCN(c3ccc(C(N)=O)c(N4C[C@H]5CCOC[C@H]5Oc5nc6[nH]ccc6cc54)c3S(=O)(=O)c3cc4c(c([N+](=O)[O-])c3)N[C@@H](CN3C[C@@H]5C[C@H]3CO5)CO4)CC2)C1. The number of sulfone groups is 1. The second kappa shape index (κ2) is 17.6. The van der Waals surface area contributed by atoms with E-state index in [1.807, 2.05) is 17.0 Å². The number of aryl methyl sites for hydroxylation is 1. The average Bonchev–Trinajstić information content (AvgIpc) is 4.20. The molecule has 2 aromatic heterocycles. The van der Waals surface area contributed by atoms with Crippen LogP contribution in [0.25, 0.3) is 11.0 Å². The van der Waals surface area contributed by atoms with Crippen LogP contribution in [0.1, 0.15) is 78.9 Å². The van der Waals surface area contributed by atoms with Crippen LogP contribution in [0.2, 0.25) is 0 Å². The van der Waals surface area contributed by atoms with E-state index in [9.17, 15) is 14.9 Å². The van der Waals surface area contributed by atoms with E-state index in [0.717, 1.165) is 63.1 Å². The van der Waals surface area contributed by atoms with E-state index in [0.29, 0.717) is 75.0 Å². The monoisotopic (exact) mass is 999 g/mol. The number of carbonyl (C=O) groups is 1. The fraction of sp³-hybridized carbons (Fsp3) is 0.509. The van der Waals surface area contributed by atoms with Crippen LogP contribution in [-0.2, 0) is 19.3 Å². The molecule has 378 valence electrons. The molecule has 1 aliphatic carbocycles. The van der Waals surface area contributed by atoms with Crippen LogP contribution >= 0.6 is 0 Å². The molecule has 1 amide bonds. The Balaban J connectivity index is 0.896. The fourth-order valence-electron chi connectivity index (χ4n) is 13.7. The predicted octanol–water partition coefficient (Wildman–Crippen LogP) is 6.88. The zero-order chi connectivity index (χ0) is 49.0. The Morgan fingerprint density at radius 2 is 1.83 bits per heavy atom. The molecule has 8 aliphatic rings. The summed E-state index contributed by atoms with van der Waals surface area (Å²) >= 11 is 0. The van der Waals surface area contributed by atoms with Crippen molar-refractivity contribution in [3.8, 4) is 11.6 Å². The summed E-state index contributed by atoms with van der Waals surface area (Å²) in [5, 5.41) is 17.2. The van der Waals surface area contributed by atoms with Gasteiger partial charge in [0.2, 0.25) is 15.7 Å². The summed E-state index contributed by atoms with van der Waals surface area (Å²) in [5.74, 6) is -0.661. The third-order valence-electron chi connectivity index (χ3n) is 17.4. The Bertz CT molecular complexity index is 3100. The van der Waals surface area contributed by atoms with E-state index in [1.165, 1.54) is 23.6 Å². The Hall–Kier alpha value is -5.99. The lowest BCUT2D eigenvalue weighted by Gasteiger charge is -2.56. The number of anilines is 4. The fourth-order valence-corrected chi connectivity index (χ4v) is 15.4. The lowest BCUT2D eigenvalue weighted by Crippen LogP contribution is -2.55. The lowest BCUT2D eigenvalue weighted by atomic mass is 9.59. The van der Waals surface area contributed by atoms with E-state index < -0.39 is 32.5 Å². The zero-order valence-electron chi connectivity index (χ0n) is 40.5. The molecule has 19 heteroatoms. The van der Waals surface area contributed by atoms with Gasteiger partial charge in [-0.15, -0.1) is 0 Å². The molecule has 72 heavy (non-hydrogen) atoms. The highest BCUT2D eigenvalue weighted by Gasteiger charge is 2.51. The molecule has 2 bridgehead atoms. The van der Waals surface area contributed by atoms with Gasteiger partial charge in [0.25, 0.3) is 11.6 Å². The highest BCUT2D eigenvalue weighted by molar-refractivity contribution is 7.91. The minimum absolute atomic E-state index is 0.0127. The number of carbonyl (C=O) groups excluding carboxylic acids is 1. The van der Waals surface area contributed by atoms with Crippen molar-refractivity contribution in [1.29, 1.82) is 0 Å². The van der Waals surface area contributed by atoms with Crippen molar-refractivity contribution in [2.75, 3.05) is 80.8 Å². The molecule has 6 atom stereocenters. The van der Waals surface area contributed by atoms with E-state index in [4.69, 9.17) is 29.7 Å². The summed E-state index contributed by atoms with van der Waals surface area (Å²) in [5.41, 5.74) is 10.4. The van der Waals surface area contributed by atoms with Gasteiger partial charge in [-0.3, -0.25) is 24.7 Å².